The third-order valence-corrected chi connectivity index (χ3v) is 4.61. The number of nitrogens with one attached hydrogen (secondary N) is 1. The molecule has 0 atom stereocenters. The Kier molecular flexibility index (Phi) is 2.13. The second kappa shape index (κ2) is 3.58. The normalized spacial score (nSPS) is 32.1. The number of hydrogen-bond acceptors (Lipinski definition) is 2. The number of rotatable bonds is 2. The standard InChI is InChI=1S/C14H21N3/c1-9-6-11(7-9)17-13-4-5-15-8-12(13)16-14(17)10-2-3-10/h9-11,15H,2-8H2,1H3. The fourth-order valence-electron chi connectivity index (χ4n) is 3.46. The number of fused-ring (bicyclic) bond motifs is 1. The van der Waals surface area contributed by atoms with Crippen LogP contribution in [0.4, 0.5) is 0 Å². The summed E-state index contributed by atoms with van der Waals surface area (Å²) in [7, 11) is 0. The van der Waals surface area contributed by atoms with Crippen molar-refractivity contribution in [3.05, 3.63) is 17.2 Å². The maximum absolute atomic E-state index is 4.94. The van der Waals surface area contributed by atoms with Crippen LogP contribution in [0.15, 0.2) is 0 Å². The molecule has 4 rings (SSSR count). The Hall–Kier alpha value is -0.830. The van der Waals surface area contributed by atoms with Gasteiger partial charge in [0.2, 0.25) is 0 Å². The number of imidazole rings is 1. The molecule has 17 heavy (non-hydrogen) atoms. The predicted molar refractivity (Wildman–Crippen MR) is 67.0 cm³/mol. The molecule has 2 saturated carbocycles. The number of aromatic nitrogens is 2. The maximum Gasteiger partial charge on any atom is 0.112 e. The highest BCUT2D eigenvalue weighted by atomic mass is 15.2. The van der Waals surface area contributed by atoms with Gasteiger partial charge in [0.05, 0.1) is 5.69 Å². The first-order valence-electron chi connectivity index (χ1n) is 7.13. The van der Waals surface area contributed by atoms with E-state index in [1.807, 2.05) is 0 Å². The van der Waals surface area contributed by atoms with Gasteiger partial charge in [-0.15, -0.1) is 0 Å². The number of hydrogen-bond donors (Lipinski definition) is 1. The SMILES string of the molecule is CC1CC(n2c(C3CC3)nc3c2CCNC3)C1. The Morgan fingerprint density at radius 1 is 1.29 bits per heavy atom. The fourth-order valence-corrected chi connectivity index (χ4v) is 3.46. The number of nitrogens with zero attached hydrogens (tertiary/aromatic N) is 2. The summed E-state index contributed by atoms with van der Waals surface area (Å²) in [6.07, 6.45) is 6.66. The monoisotopic (exact) mass is 231 g/mol. The lowest BCUT2D eigenvalue weighted by Crippen LogP contribution is -2.30. The third-order valence-electron chi connectivity index (χ3n) is 4.61. The molecule has 0 radical (unpaired) electrons. The van der Waals surface area contributed by atoms with Gasteiger partial charge in [0.1, 0.15) is 5.82 Å². The maximum atomic E-state index is 4.94. The first kappa shape index (κ1) is 10.1. The average Bonchev–Trinajstić information content (AvgIpc) is 3.07. The fraction of sp³-hybridized carbons (Fsp3) is 0.786. The highest BCUT2D eigenvalue weighted by Crippen LogP contribution is 2.46. The zero-order valence-corrected chi connectivity index (χ0v) is 10.6. The average molecular weight is 231 g/mol. The minimum Gasteiger partial charge on any atom is -0.328 e. The molecule has 0 unspecified atom stereocenters. The van der Waals surface area contributed by atoms with Gasteiger partial charge in [-0.05, 0) is 31.6 Å². The Bertz CT molecular complexity index is 439. The molecule has 0 saturated heterocycles. The van der Waals surface area contributed by atoms with Crippen LogP contribution >= 0.6 is 0 Å². The Morgan fingerprint density at radius 2 is 2.12 bits per heavy atom. The van der Waals surface area contributed by atoms with Crippen molar-refractivity contribution in [3.8, 4) is 0 Å². The van der Waals surface area contributed by atoms with E-state index in [0.29, 0.717) is 0 Å². The zero-order valence-electron chi connectivity index (χ0n) is 10.6. The van der Waals surface area contributed by atoms with E-state index in [1.165, 1.54) is 43.6 Å². The van der Waals surface area contributed by atoms with Crippen molar-refractivity contribution in [1.82, 2.24) is 14.9 Å². The van der Waals surface area contributed by atoms with Crippen molar-refractivity contribution in [1.29, 1.82) is 0 Å². The van der Waals surface area contributed by atoms with Gasteiger partial charge in [-0.25, -0.2) is 4.98 Å². The van der Waals surface area contributed by atoms with E-state index in [1.54, 1.807) is 5.69 Å². The van der Waals surface area contributed by atoms with E-state index in [4.69, 9.17) is 4.98 Å². The van der Waals surface area contributed by atoms with Crippen LogP contribution in [-0.2, 0) is 13.0 Å². The van der Waals surface area contributed by atoms with E-state index in [0.717, 1.165) is 31.0 Å². The van der Waals surface area contributed by atoms with Gasteiger partial charge in [0.15, 0.2) is 0 Å². The summed E-state index contributed by atoms with van der Waals surface area (Å²) in [5.74, 6) is 3.14. The molecule has 2 aliphatic carbocycles. The molecule has 3 nitrogen and oxygen atoms in total. The van der Waals surface area contributed by atoms with Gasteiger partial charge in [-0.1, -0.05) is 6.92 Å². The minimum absolute atomic E-state index is 0.773. The molecule has 1 N–H and O–H groups in total. The van der Waals surface area contributed by atoms with Gasteiger partial charge in [-0.2, -0.15) is 0 Å². The third kappa shape index (κ3) is 1.55. The predicted octanol–water partition coefficient (Wildman–Crippen LogP) is 2.38. The van der Waals surface area contributed by atoms with Crippen LogP contribution in [0, 0.1) is 5.92 Å². The minimum atomic E-state index is 0.773. The molecule has 1 aromatic heterocycles. The molecule has 92 valence electrons. The largest absolute Gasteiger partial charge is 0.328 e. The van der Waals surface area contributed by atoms with Crippen LogP contribution in [0.1, 0.15) is 61.8 Å². The van der Waals surface area contributed by atoms with Gasteiger partial charge in [-0.3, -0.25) is 0 Å². The van der Waals surface area contributed by atoms with Crippen LogP contribution in [-0.4, -0.2) is 16.1 Å². The van der Waals surface area contributed by atoms with E-state index in [-0.39, 0.29) is 0 Å². The molecular weight excluding hydrogens is 210 g/mol. The first-order chi connectivity index (χ1) is 8.33. The molecule has 0 spiro atoms. The lowest BCUT2D eigenvalue weighted by atomic mass is 9.81. The van der Waals surface area contributed by atoms with E-state index < -0.39 is 0 Å². The van der Waals surface area contributed by atoms with Crippen molar-refractivity contribution < 1.29 is 0 Å². The van der Waals surface area contributed by atoms with Crippen LogP contribution in [0.25, 0.3) is 0 Å². The Balaban J connectivity index is 1.75. The van der Waals surface area contributed by atoms with Gasteiger partial charge in [0.25, 0.3) is 0 Å². The molecular formula is C14H21N3. The second-order valence-corrected chi connectivity index (χ2v) is 6.16. The molecule has 0 aromatic carbocycles. The highest BCUT2D eigenvalue weighted by Gasteiger charge is 2.37. The lowest BCUT2D eigenvalue weighted by Gasteiger charge is -2.36. The highest BCUT2D eigenvalue weighted by molar-refractivity contribution is 5.25. The molecule has 3 aliphatic rings. The van der Waals surface area contributed by atoms with Crippen LogP contribution in [0.5, 0.6) is 0 Å². The summed E-state index contributed by atoms with van der Waals surface area (Å²) in [5, 5.41) is 3.45. The van der Waals surface area contributed by atoms with E-state index >= 15 is 0 Å². The zero-order chi connectivity index (χ0) is 11.4. The van der Waals surface area contributed by atoms with Gasteiger partial charge < -0.3 is 9.88 Å². The summed E-state index contributed by atoms with van der Waals surface area (Å²) in [6.45, 7) is 4.49. The molecule has 0 amide bonds. The second-order valence-electron chi connectivity index (χ2n) is 6.16. The lowest BCUT2D eigenvalue weighted by molar-refractivity contribution is 0.207. The summed E-state index contributed by atoms with van der Waals surface area (Å²) in [5.41, 5.74) is 2.90. The Labute approximate surface area is 103 Å². The quantitative estimate of drug-likeness (QED) is 0.847. The van der Waals surface area contributed by atoms with Crippen LogP contribution in [0.2, 0.25) is 0 Å². The molecule has 0 bridgehead atoms. The van der Waals surface area contributed by atoms with Gasteiger partial charge in [0, 0.05) is 37.2 Å². The van der Waals surface area contributed by atoms with E-state index in [2.05, 4.69) is 16.8 Å². The molecule has 3 heteroatoms. The molecule has 1 aromatic rings. The summed E-state index contributed by atoms with van der Waals surface area (Å²) in [6, 6.07) is 0.773. The van der Waals surface area contributed by atoms with Crippen LogP contribution in [0.3, 0.4) is 0 Å². The topological polar surface area (TPSA) is 29.9 Å². The van der Waals surface area contributed by atoms with Crippen LogP contribution < -0.4 is 5.32 Å². The van der Waals surface area contributed by atoms with Crippen molar-refractivity contribution in [2.24, 2.45) is 5.92 Å². The summed E-state index contributed by atoms with van der Waals surface area (Å²) >= 11 is 0. The smallest absolute Gasteiger partial charge is 0.112 e. The Morgan fingerprint density at radius 3 is 2.82 bits per heavy atom. The van der Waals surface area contributed by atoms with Crippen molar-refractivity contribution in [3.63, 3.8) is 0 Å². The van der Waals surface area contributed by atoms with Crippen molar-refractivity contribution in [2.45, 2.75) is 57.5 Å². The van der Waals surface area contributed by atoms with Crippen molar-refractivity contribution >= 4 is 0 Å². The summed E-state index contributed by atoms with van der Waals surface area (Å²) in [4.78, 5) is 4.94. The summed E-state index contributed by atoms with van der Waals surface area (Å²) < 4.78 is 2.65. The molecule has 2 fully saturated rings. The van der Waals surface area contributed by atoms with Crippen molar-refractivity contribution in [2.75, 3.05) is 6.54 Å². The molecule has 1 aliphatic heterocycles. The van der Waals surface area contributed by atoms with E-state index in [9.17, 15) is 0 Å². The first-order valence-corrected chi connectivity index (χ1v) is 7.13. The van der Waals surface area contributed by atoms with Gasteiger partial charge >= 0.3 is 0 Å². The molecule has 2 heterocycles.